The summed E-state index contributed by atoms with van der Waals surface area (Å²) in [6.45, 7) is 4.50. The number of hydrogen-bond acceptors (Lipinski definition) is 4. The number of nitrogens with one attached hydrogen (secondary N) is 2. The molecule has 4 rings (SSSR count). The van der Waals surface area contributed by atoms with E-state index in [0.717, 1.165) is 56.6 Å². The second kappa shape index (κ2) is 8.00. The van der Waals surface area contributed by atoms with Crippen molar-refractivity contribution < 1.29 is 18.0 Å². The van der Waals surface area contributed by atoms with Crippen molar-refractivity contribution >= 4 is 5.91 Å². The molecule has 1 aliphatic carbocycles. The van der Waals surface area contributed by atoms with E-state index >= 15 is 0 Å². The van der Waals surface area contributed by atoms with Crippen LogP contribution in [0.2, 0.25) is 0 Å². The van der Waals surface area contributed by atoms with E-state index in [-0.39, 0.29) is 11.8 Å². The predicted molar refractivity (Wildman–Crippen MR) is 99.1 cm³/mol. The number of carbonyl (C=O) groups excluding carboxylic acids is 1. The van der Waals surface area contributed by atoms with Gasteiger partial charge in [0.2, 0.25) is 5.91 Å². The molecule has 8 heteroatoms. The van der Waals surface area contributed by atoms with Crippen LogP contribution < -0.4 is 10.9 Å². The molecule has 3 atom stereocenters. The first-order valence-electron chi connectivity index (χ1n) is 10.1. The lowest BCUT2D eigenvalue weighted by Gasteiger charge is -2.38. The highest BCUT2D eigenvalue weighted by Gasteiger charge is 2.38. The van der Waals surface area contributed by atoms with E-state index in [1.165, 1.54) is 0 Å². The summed E-state index contributed by atoms with van der Waals surface area (Å²) in [5.74, 6) is 1.01. The molecule has 0 aromatic heterocycles. The third-order valence-electron chi connectivity index (χ3n) is 6.37. The van der Waals surface area contributed by atoms with Crippen LogP contribution in [0.1, 0.15) is 30.4 Å². The molecule has 2 saturated heterocycles. The van der Waals surface area contributed by atoms with Gasteiger partial charge in [0.05, 0.1) is 5.56 Å². The van der Waals surface area contributed by atoms with Crippen LogP contribution in [0.3, 0.4) is 0 Å². The van der Waals surface area contributed by atoms with Gasteiger partial charge < -0.3 is 4.90 Å². The Kier molecular flexibility index (Phi) is 5.62. The highest BCUT2D eigenvalue weighted by molar-refractivity contribution is 5.79. The molecule has 2 heterocycles. The lowest BCUT2D eigenvalue weighted by Crippen LogP contribution is -2.51. The van der Waals surface area contributed by atoms with Crippen LogP contribution in [-0.2, 0) is 17.5 Å². The summed E-state index contributed by atoms with van der Waals surface area (Å²) in [7, 11) is 0. The zero-order valence-corrected chi connectivity index (χ0v) is 15.8. The number of piperazine rings is 1. The lowest BCUT2D eigenvalue weighted by atomic mass is 9.78. The molecule has 3 aliphatic rings. The fourth-order valence-corrected chi connectivity index (χ4v) is 4.64. The van der Waals surface area contributed by atoms with Crippen LogP contribution >= 0.6 is 0 Å². The fraction of sp³-hybridized carbons (Fsp3) is 0.650. The maximum Gasteiger partial charge on any atom is 0.416 e. The van der Waals surface area contributed by atoms with Crippen molar-refractivity contribution in [3.63, 3.8) is 0 Å². The van der Waals surface area contributed by atoms with Gasteiger partial charge in [0.15, 0.2) is 0 Å². The molecule has 28 heavy (non-hydrogen) atoms. The molecule has 3 fully saturated rings. The summed E-state index contributed by atoms with van der Waals surface area (Å²) in [5, 5.41) is 0. The van der Waals surface area contributed by atoms with Gasteiger partial charge in [-0.05, 0) is 42.9 Å². The largest absolute Gasteiger partial charge is 0.416 e. The number of nitrogens with zero attached hydrogens (tertiary/aromatic N) is 2. The molecule has 5 nitrogen and oxygen atoms in total. The molecule has 0 bridgehead atoms. The zero-order chi connectivity index (χ0) is 19.7. The van der Waals surface area contributed by atoms with E-state index in [4.69, 9.17) is 0 Å². The summed E-state index contributed by atoms with van der Waals surface area (Å²) in [6, 6.07) is 5.76. The number of hydrogen-bond donors (Lipinski definition) is 2. The van der Waals surface area contributed by atoms with E-state index in [0.29, 0.717) is 31.6 Å². The molecule has 0 radical (unpaired) electrons. The van der Waals surface area contributed by atoms with Crippen molar-refractivity contribution in [2.45, 2.75) is 38.0 Å². The number of hydrazine groups is 1. The Hall–Kier alpha value is -1.64. The second-order valence-electron chi connectivity index (χ2n) is 8.20. The molecule has 1 aromatic carbocycles. The zero-order valence-electron chi connectivity index (χ0n) is 15.8. The van der Waals surface area contributed by atoms with E-state index in [9.17, 15) is 18.0 Å². The Labute approximate surface area is 163 Å². The number of carbonyl (C=O) groups is 1. The minimum Gasteiger partial charge on any atom is -0.340 e. The van der Waals surface area contributed by atoms with Gasteiger partial charge in [-0.25, -0.2) is 0 Å². The van der Waals surface area contributed by atoms with Crippen LogP contribution in [-0.4, -0.2) is 54.5 Å². The third-order valence-corrected chi connectivity index (χ3v) is 6.37. The first kappa shape index (κ1) is 19.7. The van der Waals surface area contributed by atoms with E-state index < -0.39 is 11.7 Å². The summed E-state index contributed by atoms with van der Waals surface area (Å²) < 4.78 is 38.0. The normalized spacial score (nSPS) is 29.0. The van der Waals surface area contributed by atoms with Crippen molar-refractivity contribution in [2.24, 2.45) is 11.8 Å². The van der Waals surface area contributed by atoms with Crippen LogP contribution in [0.15, 0.2) is 24.3 Å². The molecular formula is C20H27F3N4O. The Morgan fingerprint density at radius 3 is 2.46 bits per heavy atom. The molecule has 154 valence electrons. The Bertz CT molecular complexity index is 686. The van der Waals surface area contributed by atoms with Gasteiger partial charge in [0.25, 0.3) is 0 Å². The first-order valence-corrected chi connectivity index (χ1v) is 10.1. The van der Waals surface area contributed by atoms with Crippen LogP contribution in [0.4, 0.5) is 13.2 Å². The smallest absolute Gasteiger partial charge is 0.340 e. The van der Waals surface area contributed by atoms with Gasteiger partial charge in [-0.2, -0.15) is 13.2 Å². The average Bonchev–Trinajstić information content (AvgIpc) is 3.15. The number of amides is 1. The van der Waals surface area contributed by atoms with Gasteiger partial charge in [0.1, 0.15) is 0 Å². The minimum atomic E-state index is -4.30. The standard InChI is InChI=1S/C20H27F3N4O/c21-20(22,23)17-5-1-14(2-6-17)13-26-7-9-27(10-8-26)19(28)15-3-4-16-12-24-25-18(16)11-15/h1-2,5-6,15-16,18,24-25H,3-4,7-13H2. The van der Waals surface area contributed by atoms with E-state index in [1.54, 1.807) is 12.1 Å². The van der Waals surface area contributed by atoms with Crippen molar-refractivity contribution in [3.8, 4) is 0 Å². The molecule has 2 aliphatic heterocycles. The Morgan fingerprint density at radius 2 is 1.79 bits per heavy atom. The number of rotatable bonds is 3. The minimum absolute atomic E-state index is 0.107. The van der Waals surface area contributed by atoms with Gasteiger partial charge >= 0.3 is 6.18 Å². The van der Waals surface area contributed by atoms with Crippen LogP contribution in [0.25, 0.3) is 0 Å². The van der Waals surface area contributed by atoms with Gasteiger partial charge in [0, 0.05) is 51.2 Å². The van der Waals surface area contributed by atoms with Gasteiger partial charge in [-0.1, -0.05) is 12.1 Å². The van der Waals surface area contributed by atoms with E-state index in [1.807, 2.05) is 4.90 Å². The Balaban J connectivity index is 1.26. The number of benzene rings is 1. The highest BCUT2D eigenvalue weighted by Crippen LogP contribution is 2.32. The summed E-state index contributed by atoms with van der Waals surface area (Å²) in [5.41, 5.74) is 6.74. The fourth-order valence-electron chi connectivity index (χ4n) is 4.64. The maximum atomic E-state index is 12.9. The molecule has 0 spiro atoms. The number of alkyl halides is 3. The summed E-state index contributed by atoms with van der Waals surface area (Å²) >= 11 is 0. The van der Waals surface area contributed by atoms with Gasteiger partial charge in [-0.15, -0.1) is 0 Å². The van der Waals surface area contributed by atoms with E-state index in [2.05, 4.69) is 15.8 Å². The maximum absolute atomic E-state index is 12.9. The third kappa shape index (κ3) is 4.34. The predicted octanol–water partition coefficient (Wildman–Crippen LogP) is 2.24. The van der Waals surface area contributed by atoms with Crippen molar-refractivity contribution in [2.75, 3.05) is 32.7 Å². The van der Waals surface area contributed by atoms with Crippen LogP contribution in [0, 0.1) is 11.8 Å². The average molecular weight is 396 g/mol. The molecule has 1 saturated carbocycles. The molecule has 1 amide bonds. The number of fused-ring (bicyclic) bond motifs is 1. The molecule has 3 unspecified atom stereocenters. The first-order chi connectivity index (χ1) is 13.4. The number of halogens is 3. The van der Waals surface area contributed by atoms with Crippen molar-refractivity contribution in [1.82, 2.24) is 20.7 Å². The summed E-state index contributed by atoms with van der Waals surface area (Å²) in [4.78, 5) is 17.1. The Morgan fingerprint density at radius 1 is 1.07 bits per heavy atom. The van der Waals surface area contributed by atoms with Crippen LogP contribution in [0.5, 0.6) is 0 Å². The molecule has 1 aromatic rings. The second-order valence-corrected chi connectivity index (χ2v) is 8.20. The quantitative estimate of drug-likeness (QED) is 0.823. The highest BCUT2D eigenvalue weighted by atomic mass is 19.4. The van der Waals surface area contributed by atoms with Gasteiger partial charge in [-0.3, -0.25) is 20.5 Å². The van der Waals surface area contributed by atoms with Crippen molar-refractivity contribution in [1.29, 1.82) is 0 Å². The SMILES string of the molecule is O=C(C1CCC2CNNC2C1)N1CCN(Cc2ccc(C(F)(F)F)cc2)CC1. The van der Waals surface area contributed by atoms with Crippen molar-refractivity contribution in [3.05, 3.63) is 35.4 Å². The lowest BCUT2D eigenvalue weighted by molar-refractivity contribution is -0.139. The monoisotopic (exact) mass is 396 g/mol. The topological polar surface area (TPSA) is 47.6 Å². The molecular weight excluding hydrogens is 369 g/mol. The molecule has 2 N–H and O–H groups in total. The summed E-state index contributed by atoms with van der Waals surface area (Å²) in [6.07, 6.45) is -1.33.